The van der Waals surface area contributed by atoms with Crippen LogP contribution >= 0.6 is 0 Å². The molecule has 0 amide bonds. The van der Waals surface area contributed by atoms with Crippen LogP contribution in [0.1, 0.15) is 0 Å². The minimum absolute atomic E-state index is 0. The van der Waals surface area contributed by atoms with Crippen molar-refractivity contribution in [3.63, 3.8) is 0 Å². The fourth-order valence-electron chi connectivity index (χ4n) is 0.300. The van der Waals surface area contributed by atoms with Gasteiger partial charge in [0.1, 0.15) is 6.54 Å². The summed E-state index contributed by atoms with van der Waals surface area (Å²) in [5, 5.41) is 8.39. The van der Waals surface area contributed by atoms with Gasteiger partial charge >= 0.3 is 37.7 Å². The van der Waals surface area contributed by atoms with Crippen LogP contribution in [0.2, 0.25) is 0 Å². The summed E-state index contributed by atoms with van der Waals surface area (Å²) < 4.78 is 0.844. The molecule has 44 valence electrons. The van der Waals surface area contributed by atoms with Crippen molar-refractivity contribution in [2.75, 3.05) is 34.3 Å². The fourth-order valence-corrected chi connectivity index (χ4v) is 0.300. The summed E-state index contributed by atoms with van der Waals surface area (Å²) in [6.07, 6.45) is 0. The van der Waals surface area contributed by atoms with Crippen LogP contribution in [0.15, 0.2) is 0 Å². The molecule has 0 aromatic carbocycles. The Morgan fingerprint density at radius 3 is 1.62 bits per heavy atom. The third kappa shape index (κ3) is 10.2. The van der Waals surface area contributed by atoms with Crippen molar-refractivity contribution in [1.29, 1.82) is 0 Å². The van der Waals surface area contributed by atoms with Crippen LogP contribution in [-0.2, 0) is 0 Å². The second-order valence-corrected chi connectivity index (χ2v) is 2.74. The van der Waals surface area contributed by atoms with E-state index in [1.807, 2.05) is 0 Å². The molecule has 8 heavy (non-hydrogen) atoms. The van der Waals surface area contributed by atoms with E-state index in [4.69, 9.17) is 5.11 Å². The van der Waals surface area contributed by atoms with Gasteiger partial charge in [0.05, 0.1) is 27.7 Å². The molecule has 0 spiro atoms. The first-order valence-electron chi connectivity index (χ1n) is 2.47. The van der Waals surface area contributed by atoms with Gasteiger partial charge < -0.3 is 9.59 Å². The summed E-state index contributed by atoms with van der Waals surface area (Å²) in [5.74, 6) is 0. The molecule has 1 N–H and O–H groups in total. The molecule has 0 atom stereocenters. The molecule has 0 rings (SSSR count). The second kappa shape index (κ2) is 5.00. The van der Waals surface area contributed by atoms with Crippen molar-refractivity contribution in [1.82, 2.24) is 0 Å². The first-order valence-corrected chi connectivity index (χ1v) is 2.47. The summed E-state index contributed by atoms with van der Waals surface area (Å²) in [4.78, 5) is 0. The van der Waals surface area contributed by atoms with Crippen molar-refractivity contribution < 1.29 is 9.59 Å². The normalized spacial score (nSPS) is 10.5. The number of hydrogen-bond donors (Lipinski definition) is 1. The smallest absolute Gasteiger partial charge is 0.391 e. The van der Waals surface area contributed by atoms with E-state index in [0.717, 1.165) is 11.0 Å². The Morgan fingerprint density at radius 2 is 1.62 bits per heavy atom. The van der Waals surface area contributed by atoms with Crippen molar-refractivity contribution in [2.45, 2.75) is 0 Å². The average molecular weight is 144 g/mol. The van der Waals surface area contributed by atoms with Crippen LogP contribution in [0.5, 0.6) is 0 Å². The van der Waals surface area contributed by atoms with Gasteiger partial charge in [0.25, 0.3) is 0 Å². The van der Waals surface area contributed by atoms with Crippen LogP contribution in [0.3, 0.4) is 0 Å². The Labute approximate surface area is 81.1 Å². The van der Waals surface area contributed by atoms with Crippen molar-refractivity contribution >= 4 is 37.7 Å². The molecule has 0 aliphatic carbocycles. The number of quaternary nitrogens is 1. The molecule has 0 aliphatic rings. The van der Waals surface area contributed by atoms with E-state index in [1.54, 1.807) is 0 Å². The Bertz CT molecular complexity index is 50.9. The Morgan fingerprint density at radius 1 is 1.25 bits per heavy atom. The summed E-state index contributed by atoms with van der Waals surface area (Å²) in [6, 6.07) is 0. The maximum absolute atomic E-state index is 8.39. The summed E-state index contributed by atoms with van der Waals surface area (Å²) in [5.41, 5.74) is 0. The molecule has 0 aromatic heterocycles. The second-order valence-electron chi connectivity index (χ2n) is 2.74. The Hall–Kier alpha value is 1.18. The van der Waals surface area contributed by atoms with Crippen molar-refractivity contribution in [3.8, 4) is 0 Å². The zero-order valence-electron chi connectivity index (χ0n) is 6.02. The number of aliphatic hydroxyl groups excluding tert-OH is 1. The van der Waals surface area contributed by atoms with E-state index in [9.17, 15) is 0 Å². The monoisotopic (exact) mass is 144 g/mol. The maximum atomic E-state index is 8.39. The van der Waals surface area contributed by atoms with Gasteiger partial charge in [0.15, 0.2) is 0 Å². The van der Waals surface area contributed by atoms with Crippen molar-refractivity contribution in [2.24, 2.45) is 0 Å². The number of nitrogens with zero attached hydrogens (tertiary/aromatic N) is 1. The fraction of sp³-hybridized carbons (Fsp3) is 1.00. The molecule has 0 saturated carbocycles. The van der Waals surface area contributed by atoms with Crippen molar-refractivity contribution in [3.05, 3.63) is 0 Å². The molecular formula is C5H14CaNO+3. The van der Waals surface area contributed by atoms with E-state index >= 15 is 0 Å². The summed E-state index contributed by atoms with van der Waals surface area (Å²) in [7, 11) is 6.16. The molecule has 3 heteroatoms. The maximum Gasteiger partial charge on any atom is 2.00 e. The van der Waals surface area contributed by atoms with Crippen LogP contribution in [0, 0.1) is 0 Å². The molecule has 0 unspecified atom stereocenters. The SMILES string of the molecule is C[N+](C)(C)CCO.[Ca+2]. The van der Waals surface area contributed by atoms with Gasteiger partial charge in [-0.3, -0.25) is 0 Å². The standard InChI is InChI=1S/C5H14NO.Ca/c1-6(2,3)4-5-7;/h7H,4-5H2,1-3H3;/q+1;+2. The summed E-state index contributed by atoms with van der Waals surface area (Å²) >= 11 is 0. The van der Waals surface area contributed by atoms with E-state index in [2.05, 4.69) is 21.1 Å². The van der Waals surface area contributed by atoms with E-state index in [1.165, 1.54) is 0 Å². The van der Waals surface area contributed by atoms with Gasteiger partial charge in [-0.05, 0) is 0 Å². The molecule has 0 saturated heterocycles. The predicted molar refractivity (Wildman–Crippen MR) is 35.7 cm³/mol. The minimum atomic E-state index is 0. The molecule has 0 aromatic rings. The first-order chi connectivity index (χ1) is 3.06. The topological polar surface area (TPSA) is 20.2 Å². The van der Waals surface area contributed by atoms with Crippen LogP contribution in [0.4, 0.5) is 0 Å². The molecule has 0 fully saturated rings. The van der Waals surface area contributed by atoms with Gasteiger partial charge in [-0.15, -0.1) is 0 Å². The zero-order chi connectivity index (χ0) is 5.91. The average Bonchev–Trinajstić information content (AvgIpc) is 1.30. The molecule has 0 aliphatic heterocycles. The zero-order valence-corrected chi connectivity index (χ0v) is 8.22. The molecule has 0 radical (unpaired) electrons. The molecule has 0 heterocycles. The molecule has 2 nitrogen and oxygen atoms in total. The number of likely N-dealkylation sites (N-methyl/N-ethyl adjacent to an activating group) is 1. The third-order valence-electron chi connectivity index (χ3n) is 0.771. The number of rotatable bonds is 2. The van der Waals surface area contributed by atoms with Crippen LogP contribution in [-0.4, -0.2) is 81.6 Å². The van der Waals surface area contributed by atoms with E-state index in [0.29, 0.717) is 0 Å². The van der Waals surface area contributed by atoms with E-state index < -0.39 is 0 Å². The Kier molecular flexibility index (Phi) is 7.45. The molecular weight excluding hydrogens is 130 g/mol. The summed E-state index contributed by atoms with van der Waals surface area (Å²) in [6.45, 7) is 1.11. The van der Waals surface area contributed by atoms with Gasteiger partial charge in [-0.2, -0.15) is 0 Å². The van der Waals surface area contributed by atoms with Crippen LogP contribution in [0.25, 0.3) is 0 Å². The Balaban J connectivity index is 0. The quantitative estimate of drug-likeness (QED) is 0.401. The predicted octanol–water partition coefficient (Wildman–Crippen LogP) is -0.696. The number of aliphatic hydroxyl groups is 1. The van der Waals surface area contributed by atoms with E-state index in [-0.39, 0.29) is 44.3 Å². The largest absolute Gasteiger partial charge is 2.00 e. The van der Waals surface area contributed by atoms with Gasteiger partial charge in [-0.1, -0.05) is 0 Å². The van der Waals surface area contributed by atoms with Gasteiger partial charge in [-0.25, -0.2) is 0 Å². The number of hydrogen-bond acceptors (Lipinski definition) is 1. The van der Waals surface area contributed by atoms with Crippen LogP contribution < -0.4 is 0 Å². The molecule has 0 bridgehead atoms. The first kappa shape index (κ1) is 11.9. The van der Waals surface area contributed by atoms with Gasteiger partial charge in [0.2, 0.25) is 0 Å². The minimum Gasteiger partial charge on any atom is -0.391 e. The van der Waals surface area contributed by atoms with Gasteiger partial charge in [0, 0.05) is 0 Å². The third-order valence-corrected chi connectivity index (χ3v) is 0.771.